The van der Waals surface area contributed by atoms with Crippen LogP contribution in [0.2, 0.25) is 0 Å². The third-order valence-electron chi connectivity index (χ3n) is 3.24. The van der Waals surface area contributed by atoms with E-state index in [-0.39, 0.29) is 6.04 Å². The van der Waals surface area contributed by atoms with Crippen LogP contribution in [-0.4, -0.2) is 22.1 Å². The van der Waals surface area contributed by atoms with Gasteiger partial charge >= 0.3 is 0 Å². The number of nitrogens with two attached hydrogens (primary N) is 1. The van der Waals surface area contributed by atoms with E-state index in [0.717, 1.165) is 28.3 Å². The van der Waals surface area contributed by atoms with Crippen LogP contribution in [0.15, 0.2) is 42.6 Å². The van der Waals surface area contributed by atoms with Crippen molar-refractivity contribution in [1.82, 2.24) is 15.0 Å². The number of pyridine rings is 1. The highest BCUT2D eigenvalue weighted by Crippen LogP contribution is 2.18. The smallest absolute Gasteiger partial charge is 0.157 e. The fourth-order valence-electron chi connectivity index (χ4n) is 2.15. The Morgan fingerprint density at radius 3 is 2.75 bits per heavy atom. The van der Waals surface area contributed by atoms with Crippen molar-refractivity contribution < 1.29 is 4.74 Å². The van der Waals surface area contributed by atoms with E-state index < -0.39 is 0 Å². The van der Waals surface area contributed by atoms with Crippen molar-refractivity contribution in [2.24, 2.45) is 5.73 Å². The second kappa shape index (κ2) is 5.30. The number of H-pyrrole nitrogens is 1. The minimum atomic E-state index is -0.183. The second-order valence-electron chi connectivity index (χ2n) is 4.65. The van der Waals surface area contributed by atoms with Gasteiger partial charge in [-0.15, -0.1) is 0 Å². The third kappa shape index (κ3) is 2.48. The van der Waals surface area contributed by atoms with Gasteiger partial charge in [-0.05, 0) is 36.2 Å². The second-order valence-corrected chi connectivity index (χ2v) is 4.65. The topological polar surface area (TPSA) is 76.8 Å². The van der Waals surface area contributed by atoms with E-state index in [4.69, 9.17) is 10.5 Å². The largest absolute Gasteiger partial charge is 0.497 e. The Morgan fingerprint density at radius 1 is 1.25 bits per heavy atom. The molecule has 0 aliphatic heterocycles. The maximum absolute atomic E-state index is 6.21. The molecule has 2 heterocycles. The summed E-state index contributed by atoms with van der Waals surface area (Å²) in [6.07, 6.45) is 2.45. The highest BCUT2D eigenvalue weighted by atomic mass is 16.5. The van der Waals surface area contributed by atoms with E-state index in [1.807, 2.05) is 36.4 Å². The Kier molecular flexibility index (Phi) is 3.35. The number of nitrogens with one attached hydrogen (secondary N) is 1. The summed E-state index contributed by atoms with van der Waals surface area (Å²) in [7, 11) is 1.65. The first-order chi connectivity index (χ1) is 9.76. The van der Waals surface area contributed by atoms with Crippen LogP contribution in [0.25, 0.3) is 11.2 Å². The quantitative estimate of drug-likeness (QED) is 0.760. The summed E-state index contributed by atoms with van der Waals surface area (Å²) in [4.78, 5) is 11.9. The van der Waals surface area contributed by atoms with Gasteiger partial charge in [0.05, 0.1) is 13.2 Å². The number of methoxy groups -OCH3 is 1. The SMILES string of the molecule is COc1ccc(CC(N)c2nc3cccnc3[nH]2)cc1. The Balaban J connectivity index is 1.79. The predicted molar refractivity (Wildman–Crippen MR) is 77.5 cm³/mol. The summed E-state index contributed by atoms with van der Waals surface area (Å²) in [6, 6.07) is 11.5. The Labute approximate surface area is 116 Å². The first-order valence-electron chi connectivity index (χ1n) is 6.45. The number of nitrogens with zero attached hydrogens (tertiary/aromatic N) is 2. The number of imidazole rings is 1. The predicted octanol–water partition coefficient (Wildman–Crippen LogP) is 2.21. The number of aromatic amines is 1. The van der Waals surface area contributed by atoms with Crippen LogP contribution in [0.3, 0.4) is 0 Å². The molecule has 0 saturated carbocycles. The lowest BCUT2D eigenvalue weighted by molar-refractivity contribution is 0.414. The van der Waals surface area contributed by atoms with Crippen LogP contribution in [-0.2, 0) is 6.42 Å². The zero-order valence-corrected chi connectivity index (χ0v) is 11.2. The number of ether oxygens (including phenoxy) is 1. The van der Waals surface area contributed by atoms with Gasteiger partial charge in [0.1, 0.15) is 17.1 Å². The van der Waals surface area contributed by atoms with Crippen molar-refractivity contribution in [2.45, 2.75) is 12.5 Å². The first kappa shape index (κ1) is 12.6. The number of hydrogen-bond acceptors (Lipinski definition) is 4. The van der Waals surface area contributed by atoms with Gasteiger partial charge in [-0.3, -0.25) is 0 Å². The van der Waals surface area contributed by atoms with Crippen molar-refractivity contribution in [1.29, 1.82) is 0 Å². The molecule has 0 amide bonds. The van der Waals surface area contributed by atoms with Gasteiger partial charge in [0.15, 0.2) is 5.65 Å². The number of aromatic nitrogens is 3. The van der Waals surface area contributed by atoms with Crippen molar-refractivity contribution >= 4 is 11.2 Å². The molecule has 1 aromatic carbocycles. The molecule has 3 aromatic rings. The molecular formula is C15H16N4O. The molecule has 20 heavy (non-hydrogen) atoms. The van der Waals surface area contributed by atoms with Crippen molar-refractivity contribution in [2.75, 3.05) is 7.11 Å². The molecule has 0 fully saturated rings. The van der Waals surface area contributed by atoms with Gasteiger partial charge in [0.25, 0.3) is 0 Å². The number of fused-ring (bicyclic) bond motifs is 1. The molecule has 102 valence electrons. The van der Waals surface area contributed by atoms with E-state index in [1.165, 1.54) is 0 Å². The monoisotopic (exact) mass is 268 g/mol. The molecule has 2 aromatic heterocycles. The lowest BCUT2D eigenvalue weighted by atomic mass is 10.1. The first-order valence-corrected chi connectivity index (χ1v) is 6.45. The van der Waals surface area contributed by atoms with Crippen molar-refractivity contribution in [3.63, 3.8) is 0 Å². The van der Waals surface area contributed by atoms with Crippen LogP contribution in [0.1, 0.15) is 17.4 Å². The standard InChI is InChI=1S/C15H16N4O/c1-20-11-6-4-10(5-7-11)9-12(16)14-18-13-3-2-8-17-15(13)19-14/h2-8,12H,9,16H2,1H3,(H,17,18,19). The van der Waals surface area contributed by atoms with Gasteiger partial charge in [-0.25, -0.2) is 9.97 Å². The molecule has 5 nitrogen and oxygen atoms in total. The van der Waals surface area contributed by atoms with Crippen LogP contribution in [0, 0.1) is 0 Å². The molecule has 0 spiro atoms. The summed E-state index contributed by atoms with van der Waals surface area (Å²) < 4.78 is 5.14. The summed E-state index contributed by atoms with van der Waals surface area (Å²) in [5, 5.41) is 0. The Bertz CT molecular complexity index is 672. The lowest BCUT2D eigenvalue weighted by Crippen LogP contribution is -2.14. The van der Waals surface area contributed by atoms with Crippen LogP contribution in [0.5, 0.6) is 5.75 Å². The van der Waals surface area contributed by atoms with Gasteiger partial charge in [0.2, 0.25) is 0 Å². The molecule has 3 rings (SSSR count). The lowest BCUT2D eigenvalue weighted by Gasteiger charge is -2.09. The van der Waals surface area contributed by atoms with Gasteiger partial charge in [0, 0.05) is 6.20 Å². The normalized spacial score (nSPS) is 12.5. The van der Waals surface area contributed by atoms with Crippen molar-refractivity contribution in [3.05, 3.63) is 54.0 Å². The Hall–Kier alpha value is -2.40. The highest BCUT2D eigenvalue weighted by Gasteiger charge is 2.12. The molecule has 3 N–H and O–H groups in total. The summed E-state index contributed by atoms with van der Waals surface area (Å²) >= 11 is 0. The van der Waals surface area contributed by atoms with E-state index in [0.29, 0.717) is 6.42 Å². The zero-order valence-electron chi connectivity index (χ0n) is 11.2. The molecule has 0 bridgehead atoms. The summed E-state index contributed by atoms with van der Waals surface area (Å²) in [5.41, 5.74) is 8.97. The maximum Gasteiger partial charge on any atom is 0.157 e. The average Bonchev–Trinajstić information content (AvgIpc) is 2.92. The fraction of sp³-hybridized carbons (Fsp3) is 0.200. The molecular weight excluding hydrogens is 252 g/mol. The number of benzene rings is 1. The molecule has 1 atom stereocenters. The molecule has 0 aliphatic carbocycles. The van der Waals surface area contributed by atoms with Gasteiger partial charge in [-0.1, -0.05) is 12.1 Å². The van der Waals surface area contributed by atoms with E-state index in [9.17, 15) is 0 Å². The highest BCUT2D eigenvalue weighted by molar-refractivity contribution is 5.70. The van der Waals surface area contributed by atoms with Crippen LogP contribution >= 0.6 is 0 Å². The molecule has 0 radical (unpaired) electrons. The molecule has 1 unspecified atom stereocenters. The minimum Gasteiger partial charge on any atom is -0.497 e. The number of hydrogen-bond donors (Lipinski definition) is 2. The maximum atomic E-state index is 6.21. The van der Waals surface area contributed by atoms with Crippen LogP contribution in [0.4, 0.5) is 0 Å². The van der Waals surface area contributed by atoms with Gasteiger partial charge < -0.3 is 15.5 Å². The van der Waals surface area contributed by atoms with E-state index in [1.54, 1.807) is 13.3 Å². The minimum absolute atomic E-state index is 0.183. The zero-order chi connectivity index (χ0) is 13.9. The number of rotatable bonds is 4. The molecule has 5 heteroatoms. The van der Waals surface area contributed by atoms with E-state index in [2.05, 4.69) is 15.0 Å². The van der Waals surface area contributed by atoms with Gasteiger partial charge in [-0.2, -0.15) is 0 Å². The summed E-state index contributed by atoms with van der Waals surface area (Å²) in [5.74, 6) is 1.60. The van der Waals surface area contributed by atoms with Crippen molar-refractivity contribution in [3.8, 4) is 5.75 Å². The van der Waals surface area contributed by atoms with E-state index >= 15 is 0 Å². The molecule has 0 saturated heterocycles. The average molecular weight is 268 g/mol. The fourth-order valence-corrected chi connectivity index (χ4v) is 2.15. The summed E-state index contributed by atoms with van der Waals surface area (Å²) in [6.45, 7) is 0. The molecule has 0 aliphatic rings. The third-order valence-corrected chi connectivity index (χ3v) is 3.24. The van der Waals surface area contributed by atoms with Crippen LogP contribution < -0.4 is 10.5 Å². The Morgan fingerprint density at radius 2 is 2.05 bits per heavy atom.